The van der Waals surface area contributed by atoms with Gasteiger partial charge in [0.25, 0.3) is 0 Å². The van der Waals surface area contributed by atoms with Crippen molar-refractivity contribution in [1.29, 1.82) is 0 Å². The van der Waals surface area contributed by atoms with Crippen LogP contribution in [0.2, 0.25) is 0 Å². The van der Waals surface area contributed by atoms with Gasteiger partial charge in [-0.3, -0.25) is 4.68 Å². The predicted octanol–water partition coefficient (Wildman–Crippen LogP) is 2.77. The minimum atomic E-state index is 0.598. The van der Waals surface area contributed by atoms with Crippen LogP contribution in [0.1, 0.15) is 26.0 Å². The minimum Gasteiger partial charge on any atom is -0.273 e. The van der Waals surface area contributed by atoms with Gasteiger partial charge < -0.3 is 0 Å². The Bertz CT molecular complexity index is 255. The summed E-state index contributed by atoms with van der Waals surface area (Å²) in [6.45, 7) is 4.48. The third kappa shape index (κ3) is 3.14. The molecule has 0 amide bonds. The molecule has 0 aliphatic heterocycles. The molecule has 74 valence electrons. The summed E-state index contributed by atoms with van der Waals surface area (Å²) in [7, 11) is 2.00. The number of rotatable bonds is 4. The normalized spacial score (nSPS) is 15.7. The van der Waals surface area contributed by atoms with Gasteiger partial charge in [0.15, 0.2) is 0 Å². The SMILES string of the molecule is CC(Br)C(C)CCc1ccnn1C. The molecule has 0 aliphatic carbocycles. The molecule has 0 aromatic carbocycles. The second kappa shape index (κ2) is 4.80. The molecule has 2 nitrogen and oxygen atoms in total. The van der Waals surface area contributed by atoms with Crippen molar-refractivity contribution in [3.8, 4) is 0 Å². The lowest BCUT2D eigenvalue weighted by molar-refractivity contribution is 0.521. The highest BCUT2D eigenvalue weighted by atomic mass is 79.9. The second-order valence-electron chi connectivity index (χ2n) is 3.64. The fourth-order valence-corrected chi connectivity index (χ4v) is 1.52. The number of halogens is 1. The van der Waals surface area contributed by atoms with Crippen LogP contribution in [0.3, 0.4) is 0 Å². The molecule has 0 saturated carbocycles. The summed E-state index contributed by atoms with van der Waals surface area (Å²) in [6.07, 6.45) is 4.19. The van der Waals surface area contributed by atoms with Crippen molar-refractivity contribution in [2.75, 3.05) is 0 Å². The van der Waals surface area contributed by atoms with E-state index in [9.17, 15) is 0 Å². The summed E-state index contributed by atoms with van der Waals surface area (Å²) in [5.41, 5.74) is 1.32. The van der Waals surface area contributed by atoms with E-state index >= 15 is 0 Å². The zero-order valence-electron chi connectivity index (χ0n) is 8.50. The smallest absolute Gasteiger partial charge is 0.0492 e. The van der Waals surface area contributed by atoms with E-state index in [4.69, 9.17) is 0 Å². The molecular formula is C10H17BrN2. The van der Waals surface area contributed by atoms with Crippen molar-refractivity contribution in [1.82, 2.24) is 9.78 Å². The average molecular weight is 245 g/mol. The zero-order chi connectivity index (χ0) is 9.84. The van der Waals surface area contributed by atoms with Crippen LogP contribution in [-0.2, 0) is 13.5 Å². The molecule has 1 aromatic rings. The lowest BCUT2D eigenvalue weighted by Crippen LogP contribution is -2.09. The molecule has 0 N–H and O–H groups in total. The van der Waals surface area contributed by atoms with Gasteiger partial charge in [0.2, 0.25) is 0 Å². The lowest BCUT2D eigenvalue weighted by Gasteiger charge is -2.13. The number of nitrogens with zero attached hydrogens (tertiary/aromatic N) is 2. The Hall–Kier alpha value is -0.310. The molecule has 1 aromatic heterocycles. The number of aromatic nitrogens is 2. The number of aryl methyl sites for hydroxylation is 2. The quantitative estimate of drug-likeness (QED) is 0.746. The van der Waals surface area contributed by atoms with Gasteiger partial charge in [-0.15, -0.1) is 0 Å². The van der Waals surface area contributed by atoms with Crippen LogP contribution in [0.4, 0.5) is 0 Å². The molecule has 2 unspecified atom stereocenters. The van der Waals surface area contributed by atoms with Crippen molar-refractivity contribution < 1.29 is 0 Å². The van der Waals surface area contributed by atoms with E-state index in [-0.39, 0.29) is 0 Å². The highest BCUT2D eigenvalue weighted by molar-refractivity contribution is 9.09. The molecule has 0 saturated heterocycles. The largest absolute Gasteiger partial charge is 0.273 e. The van der Waals surface area contributed by atoms with E-state index in [1.54, 1.807) is 0 Å². The second-order valence-corrected chi connectivity index (χ2v) is 5.08. The Balaban J connectivity index is 2.39. The molecule has 13 heavy (non-hydrogen) atoms. The Morgan fingerprint density at radius 1 is 1.54 bits per heavy atom. The predicted molar refractivity (Wildman–Crippen MR) is 59.1 cm³/mol. The summed E-state index contributed by atoms with van der Waals surface area (Å²) in [5.74, 6) is 0.718. The minimum absolute atomic E-state index is 0.598. The topological polar surface area (TPSA) is 17.8 Å². The molecule has 1 rings (SSSR count). The number of hydrogen-bond donors (Lipinski definition) is 0. The van der Waals surface area contributed by atoms with Crippen molar-refractivity contribution >= 4 is 15.9 Å². The first kappa shape index (κ1) is 10.8. The van der Waals surface area contributed by atoms with Crippen molar-refractivity contribution in [3.05, 3.63) is 18.0 Å². The van der Waals surface area contributed by atoms with Crippen LogP contribution >= 0.6 is 15.9 Å². The van der Waals surface area contributed by atoms with Gasteiger partial charge in [-0.2, -0.15) is 5.10 Å². The lowest BCUT2D eigenvalue weighted by atomic mass is 10.0. The number of hydrogen-bond acceptors (Lipinski definition) is 1. The van der Waals surface area contributed by atoms with E-state index in [1.165, 1.54) is 12.1 Å². The van der Waals surface area contributed by atoms with E-state index in [0.29, 0.717) is 4.83 Å². The molecule has 2 atom stereocenters. The molecule has 0 aliphatic rings. The Morgan fingerprint density at radius 3 is 2.69 bits per heavy atom. The third-order valence-corrected chi connectivity index (χ3v) is 3.46. The molecule has 0 radical (unpaired) electrons. The monoisotopic (exact) mass is 244 g/mol. The molecule has 0 bridgehead atoms. The summed E-state index contributed by atoms with van der Waals surface area (Å²) in [5, 5.41) is 4.14. The molecule has 1 heterocycles. The highest BCUT2D eigenvalue weighted by Crippen LogP contribution is 2.17. The molecular weight excluding hydrogens is 228 g/mol. The summed E-state index contributed by atoms with van der Waals surface area (Å²) in [4.78, 5) is 0.598. The Kier molecular flexibility index (Phi) is 3.97. The van der Waals surface area contributed by atoms with Crippen LogP contribution in [0, 0.1) is 5.92 Å². The van der Waals surface area contributed by atoms with Crippen molar-refractivity contribution in [3.63, 3.8) is 0 Å². The highest BCUT2D eigenvalue weighted by Gasteiger charge is 2.09. The molecule has 0 spiro atoms. The van der Waals surface area contributed by atoms with Gasteiger partial charge in [0, 0.05) is 23.8 Å². The summed E-state index contributed by atoms with van der Waals surface area (Å²) < 4.78 is 1.95. The van der Waals surface area contributed by atoms with E-state index in [1.807, 2.05) is 17.9 Å². The standard InChI is InChI=1S/C10H17BrN2/c1-8(9(2)11)4-5-10-6-7-12-13(10)3/h6-9H,4-5H2,1-3H3. The fraction of sp³-hybridized carbons (Fsp3) is 0.700. The van der Waals surface area contributed by atoms with E-state index in [2.05, 4.69) is 40.9 Å². The van der Waals surface area contributed by atoms with Crippen molar-refractivity contribution in [2.24, 2.45) is 13.0 Å². The van der Waals surface area contributed by atoms with Crippen LogP contribution in [0.25, 0.3) is 0 Å². The molecule has 3 heteroatoms. The third-order valence-electron chi connectivity index (χ3n) is 2.56. The first-order chi connectivity index (χ1) is 6.11. The zero-order valence-corrected chi connectivity index (χ0v) is 10.1. The van der Waals surface area contributed by atoms with Crippen LogP contribution in [0.15, 0.2) is 12.3 Å². The van der Waals surface area contributed by atoms with Gasteiger partial charge in [-0.1, -0.05) is 29.8 Å². The summed E-state index contributed by atoms with van der Waals surface area (Å²) in [6, 6.07) is 2.09. The van der Waals surface area contributed by atoms with E-state index in [0.717, 1.165) is 12.3 Å². The van der Waals surface area contributed by atoms with Crippen LogP contribution in [-0.4, -0.2) is 14.6 Å². The maximum absolute atomic E-state index is 4.14. The van der Waals surface area contributed by atoms with E-state index < -0.39 is 0 Å². The maximum Gasteiger partial charge on any atom is 0.0492 e. The first-order valence-corrected chi connectivity index (χ1v) is 5.63. The van der Waals surface area contributed by atoms with Gasteiger partial charge >= 0.3 is 0 Å². The van der Waals surface area contributed by atoms with Gasteiger partial charge in [-0.05, 0) is 24.8 Å². The Morgan fingerprint density at radius 2 is 2.23 bits per heavy atom. The number of alkyl halides is 1. The van der Waals surface area contributed by atoms with Crippen molar-refractivity contribution in [2.45, 2.75) is 31.5 Å². The van der Waals surface area contributed by atoms with Gasteiger partial charge in [0.1, 0.15) is 0 Å². The first-order valence-electron chi connectivity index (χ1n) is 4.72. The average Bonchev–Trinajstić information content (AvgIpc) is 2.47. The van der Waals surface area contributed by atoms with Gasteiger partial charge in [0.05, 0.1) is 0 Å². The van der Waals surface area contributed by atoms with Gasteiger partial charge in [-0.25, -0.2) is 0 Å². The Labute approximate surface area is 88.5 Å². The van der Waals surface area contributed by atoms with Crippen LogP contribution in [0.5, 0.6) is 0 Å². The fourth-order valence-electron chi connectivity index (χ4n) is 1.25. The summed E-state index contributed by atoms with van der Waals surface area (Å²) >= 11 is 3.60. The molecule has 0 fully saturated rings. The maximum atomic E-state index is 4.14. The van der Waals surface area contributed by atoms with Crippen LogP contribution < -0.4 is 0 Å².